The molecule has 0 aromatic rings. The highest BCUT2D eigenvalue weighted by molar-refractivity contribution is 5.74. The summed E-state index contributed by atoms with van der Waals surface area (Å²) in [7, 11) is 1.76. The maximum atomic E-state index is 11.9. The molecule has 0 aliphatic heterocycles. The van der Waals surface area contributed by atoms with Crippen LogP contribution in [0.1, 0.15) is 38.5 Å². The first kappa shape index (κ1) is 15.5. The number of nitrogens with zero attached hydrogens (tertiary/aromatic N) is 1. The molecule has 0 bridgehead atoms. The van der Waals surface area contributed by atoms with Gasteiger partial charge in [0.1, 0.15) is 0 Å². The van der Waals surface area contributed by atoms with Gasteiger partial charge in [-0.05, 0) is 32.1 Å². The van der Waals surface area contributed by atoms with Gasteiger partial charge in [0.05, 0.1) is 5.92 Å². The number of hydrogen-bond acceptors (Lipinski definition) is 2. The lowest BCUT2D eigenvalue weighted by atomic mass is 9.86. The molecule has 0 spiro atoms. The fraction of sp³-hybridized carbons (Fsp3) is 0.714. The average Bonchev–Trinajstić information content (AvgIpc) is 2.39. The van der Waals surface area contributed by atoms with Crippen LogP contribution in [0.4, 0.5) is 4.79 Å². The van der Waals surface area contributed by atoms with Crippen LogP contribution in [0, 0.1) is 5.92 Å². The molecule has 2 N–H and O–H groups in total. The van der Waals surface area contributed by atoms with Crippen molar-refractivity contribution in [1.82, 2.24) is 10.2 Å². The molecule has 2 unspecified atom stereocenters. The minimum absolute atomic E-state index is 0.01000. The van der Waals surface area contributed by atoms with E-state index in [0.29, 0.717) is 13.0 Å². The number of carbonyl (C=O) groups excluding carboxylic acids is 1. The summed E-state index contributed by atoms with van der Waals surface area (Å²) < 4.78 is 0. The molecule has 0 heterocycles. The van der Waals surface area contributed by atoms with Gasteiger partial charge in [-0.15, -0.1) is 6.58 Å². The lowest BCUT2D eigenvalue weighted by molar-refractivity contribution is -0.143. The number of unbranched alkanes of at least 4 members (excludes halogenated alkanes) is 1. The molecule has 2 atom stereocenters. The molecule has 0 saturated heterocycles. The molecular weight excluding hydrogens is 244 g/mol. The maximum Gasteiger partial charge on any atom is 0.317 e. The Bertz CT molecular complexity index is 331. The van der Waals surface area contributed by atoms with Gasteiger partial charge < -0.3 is 15.3 Å². The van der Waals surface area contributed by atoms with Crippen molar-refractivity contribution in [3.63, 3.8) is 0 Å². The van der Waals surface area contributed by atoms with Crippen molar-refractivity contribution in [2.45, 2.75) is 44.6 Å². The number of amides is 2. The minimum Gasteiger partial charge on any atom is -0.481 e. The third kappa shape index (κ3) is 5.32. The van der Waals surface area contributed by atoms with Crippen molar-refractivity contribution < 1.29 is 14.7 Å². The Labute approximate surface area is 114 Å². The highest BCUT2D eigenvalue weighted by atomic mass is 16.4. The Morgan fingerprint density at radius 3 is 2.84 bits per heavy atom. The maximum absolute atomic E-state index is 11.9. The van der Waals surface area contributed by atoms with Crippen LogP contribution in [-0.4, -0.2) is 41.6 Å². The number of aliphatic carboxylic acids is 1. The van der Waals surface area contributed by atoms with Gasteiger partial charge in [-0.3, -0.25) is 4.79 Å². The number of hydrogen-bond donors (Lipinski definition) is 2. The molecule has 19 heavy (non-hydrogen) atoms. The Morgan fingerprint density at radius 2 is 2.21 bits per heavy atom. The molecule has 5 heteroatoms. The van der Waals surface area contributed by atoms with Gasteiger partial charge in [0.15, 0.2) is 0 Å². The predicted molar refractivity (Wildman–Crippen MR) is 74.0 cm³/mol. The summed E-state index contributed by atoms with van der Waals surface area (Å²) in [5, 5.41) is 11.9. The molecule has 1 rings (SSSR count). The van der Waals surface area contributed by atoms with E-state index in [1.165, 1.54) is 0 Å². The van der Waals surface area contributed by atoms with E-state index in [2.05, 4.69) is 11.9 Å². The molecule has 108 valence electrons. The van der Waals surface area contributed by atoms with E-state index in [1.54, 1.807) is 11.9 Å². The van der Waals surface area contributed by atoms with Gasteiger partial charge in [-0.2, -0.15) is 0 Å². The standard InChI is InChI=1S/C14H24N2O3/c1-3-4-5-9-16(2)14(19)15-12-8-6-7-11(10-12)13(17)18/h3,11-12H,1,4-10H2,2H3,(H,15,19)(H,17,18). The number of carboxylic acid groups (broad SMARTS) is 1. The van der Waals surface area contributed by atoms with Crippen molar-refractivity contribution in [3.8, 4) is 0 Å². The smallest absolute Gasteiger partial charge is 0.317 e. The van der Waals surface area contributed by atoms with Crippen LogP contribution in [0.25, 0.3) is 0 Å². The van der Waals surface area contributed by atoms with Gasteiger partial charge in [0, 0.05) is 19.6 Å². The lowest BCUT2D eigenvalue weighted by Gasteiger charge is -2.29. The number of allylic oxidation sites excluding steroid dienone is 1. The Hall–Kier alpha value is -1.52. The number of nitrogens with one attached hydrogen (secondary N) is 1. The van der Waals surface area contributed by atoms with Gasteiger partial charge in [0.25, 0.3) is 0 Å². The Morgan fingerprint density at radius 1 is 1.47 bits per heavy atom. The average molecular weight is 268 g/mol. The summed E-state index contributed by atoms with van der Waals surface area (Å²) in [6, 6.07) is -0.121. The second-order valence-corrected chi connectivity index (χ2v) is 5.20. The fourth-order valence-corrected chi connectivity index (χ4v) is 2.40. The molecule has 1 aliphatic rings. The van der Waals surface area contributed by atoms with E-state index >= 15 is 0 Å². The zero-order chi connectivity index (χ0) is 14.3. The van der Waals surface area contributed by atoms with Crippen LogP contribution in [0.15, 0.2) is 12.7 Å². The molecule has 1 fully saturated rings. The van der Waals surface area contributed by atoms with E-state index in [4.69, 9.17) is 5.11 Å². The molecule has 1 aliphatic carbocycles. The predicted octanol–water partition coefficient (Wildman–Crippen LogP) is 2.24. The third-order valence-corrected chi connectivity index (χ3v) is 3.60. The summed E-state index contributed by atoms with van der Waals surface area (Å²) in [5.74, 6) is -1.07. The molecule has 0 radical (unpaired) electrons. The minimum atomic E-state index is -0.752. The van der Waals surface area contributed by atoms with Gasteiger partial charge in [-0.1, -0.05) is 12.5 Å². The first-order valence-corrected chi connectivity index (χ1v) is 6.90. The van der Waals surface area contributed by atoms with Crippen molar-refractivity contribution in [2.75, 3.05) is 13.6 Å². The van der Waals surface area contributed by atoms with E-state index in [0.717, 1.165) is 32.1 Å². The largest absolute Gasteiger partial charge is 0.481 e. The number of urea groups is 1. The quantitative estimate of drug-likeness (QED) is 0.573. The van der Waals surface area contributed by atoms with Crippen molar-refractivity contribution in [3.05, 3.63) is 12.7 Å². The van der Waals surface area contributed by atoms with E-state index in [9.17, 15) is 9.59 Å². The summed E-state index contributed by atoms with van der Waals surface area (Å²) in [6.07, 6.45) is 6.62. The molecule has 1 saturated carbocycles. The molecule has 2 amide bonds. The van der Waals surface area contributed by atoms with Crippen molar-refractivity contribution in [2.24, 2.45) is 5.92 Å². The lowest BCUT2D eigenvalue weighted by Crippen LogP contribution is -2.45. The monoisotopic (exact) mass is 268 g/mol. The number of carboxylic acids is 1. The van der Waals surface area contributed by atoms with Crippen LogP contribution in [0.2, 0.25) is 0 Å². The summed E-state index contributed by atoms with van der Waals surface area (Å²) >= 11 is 0. The highest BCUT2D eigenvalue weighted by Crippen LogP contribution is 2.24. The summed E-state index contributed by atoms with van der Waals surface area (Å²) in [5.41, 5.74) is 0. The van der Waals surface area contributed by atoms with E-state index < -0.39 is 5.97 Å². The van der Waals surface area contributed by atoms with Crippen LogP contribution in [0.5, 0.6) is 0 Å². The zero-order valence-corrected chi connectivity index (χ0v) is 11.6. The van der Waals surface area contributed by atoms with Crippen molar-refractivity contribution >= 4 is 12.0 Å². The second kappa shape index (κ2) is 7.81. The normalized spacial score (nSPS) is 22.6. The topological polar surface area (TPSA) is 69.6 Å². The van der Waals surface area contributed by atoms with Crippen molar-refractivity contribution in [1.29, 1.82) is 0 Å². The van der Waals surface area contributed by atoms with E-state index in [1.807, 2.05) is 6.08 Å². The molecule has 0 aromatic heterocycles. The summed E-state index contributed by atoms with van der Waals surface area (Å²) in [4.78, 5) is 24.5. The highest BCUT2D eigenvalue weighted by Gasteiger charge is 2.28. The van der Waals surface area contributed by atoms with Gasteiger partial charge in [-0.25, -0.2) is 4.79 Å². The fourth-order valence-electron chi connectivity index (χ4n) is 2.40. The number of rotatable bonds is 6. The zero-order valence-electron chi connectivity index (χ0n) is 11.6. The van der Waals surface area contributed by atoms with E-state index in [-0.39, 0.29) is 18.0 Å². The number of carbonyl (C=O) groups is 2. The molecule has 0 aromatic carbocycles. The molecule has 5 nitrogen and oxygen atoms in total. The van der Waals surface area contributed by atoms with Crippen LogP contribution in [-0.2, 0) is 4.79 Å². The Kier molecular flexibility index (Phi) is 6.39. The van der Waals surface area contributed by atoms with Gasteiger partial charge in [0.2, 0.25) is 0 Å². The Balaban J connectivity index is 2.34. The van der Waals surface area contributed by atoms with Crippen LogP contribution < -0.4 is 5.32 Å². The SMILES string of the molecule is C=CCCCN(C)C(=O)NC1CCCC(C(=O)O)C1. The first-order chi connectivity index (χ1) is 9.04. The van der Waals surface area contributed by atoms with Crippen LogP contribution >= 0.6 is 0 Å². The summed E-state index contributed by atoms with van der Waals surface area (Å²) in [6.45, 7) is 4.33. The molecular formula is C14H24N2O3. The van der Waals surface area contributed by atoms with Crippen LogP contribution in [0.3, 0.4) is 0 Å². The van der Waals surface area contributed by atoms with Gasteiger partial charge >= 0.3 is 12.0 Å². The third-order valence-electron chi connectivity index (χ3n) is 3.60. The first-order valence-electron chi connectivity index (χ1n) is 6.90. The second-order valence-electron chi connectivity index (χ2n) is 5.20.